The maximum absolute atomic E-state index is 12.5. The maximum atomic E-state index is 12.5. The van der Waals surface area contributed by atoms with Crippen molar-refractivity contribution in [2.45, 2.75) is 6.04 Å². The van der Waals surface area contributed by atoms with Crippen LogP contribution < -0.4 is 4.90 Å². The lowest BCUT2D eigenvalue weighted by atomic mass is 10.0. The highest BCUT2D eigenvalue weighted by Gasteiger charge is 2.34. The van der Waals surface area contributed by atoms with Crippen molar-refractivity contribution in [1.29, 1.82) is 0 Å². The lowest BCUT2D eigenvalue weighted by Gasteiger charge is -2.49. The van der Waals surface area contributed by atoms with Crippen LogP contribution in [0, 0.1) is 0 Å². The van der Waals surface area contributed by atoms with Gasteiger partial charge in [-0.2, -0.15) is 0 Å². The third kappa shape index (κ3) is 3.02. The van der Waals surface area contributed by atoms with E-state index in [1.165, 1.54) is 5.69 Å². The molecule has 4 rings (SSSR count). The summed E-state index contributed by atoms with van der Waals surface area (Å²) in [5.41, 5.74) is 2.11. The third-order valence-electron chi connectivity index (χ3n) is 5.12. The summed E-state index contributed by atoms with van der Waals surface area (Å²) in [6.07, 6.45) is 0. The minimum Gasteiger partial charge on any atom is -0.368 e. The number of piperazine rings is 1. The van der Waals surface area contributed by atoms with E-state index >= 15 is 0 Å². The highest BCUT2D eigenvalue weighted by molar-refractivity contribution is 5.94. The Morgan fingerprint density at radius 1 is 0.792 bits per heavy atom. The predicted octanol–water partition coefficient (Wildman–Crippen LogP) is 2.33. The number of hydrogen-bond acceptors (Lipinski definition) is 3. The van der Waals surface area contributed by atoms with Crippen molar-refractivity contribution < 1.29 is 4.79 Å². The first-order valence-corrected chi connectivity index (χ1v) is 8.69. The zero-order chi connectivity index (χ0) is 16.4. The maximum Gasteiger partial charge on any atom is 0.253 e. The second kappa shape index (κ2) is 6.65. The first-order valence-electron chi connectivity index (χ1n) is 8.69. The van der Waals surface area contributed by atoms with Gasteiger partial charge in [0.1, 0.15) is 0 Å². The Hall–Kier alpha value is -2.33. The van der Waals surface area contributed by atoms with Crippen LogP contribution in [0.5, 0.6) is 0 Å². The quantitative estimate of drug-likeness (QED) is 0.868. The minimum atomic E-state index is 0.162. The van der Waals surface area contributed by atoms with Crippen LogP contribution in [-0.4, -0.2) is 61.0 Å². The largest absolute Gasteiger partial charge is 0.368 e. The molecule has 124 valence electrons. The van der Waals surface area contributed by atoms with Gasteiger partial charge in [-0.1, -0.05) is 36.4 Å². The number of rotatable bonds is 3. The van der Waals surface area contributed by atoms with Crippen LogP contribution in [0.1, 0.15) is 10.4 Å². The van der Waals surface area contributed by atoms with Gasteiger partial charge in [-0.25, -0.2) is 0 Å². The molecule has 4 heteroatoms. The van der Waals surface area contributed by atoms with Gasteiger partial charge in [0.05, 0.1) is 0 Å². The van der Waals surface area contributed by atoms with E-state index in [1.54, 1.807) is 0 Å². The highest BCUT2D eigenvalue weighted by Crippen LogP contribution is 2.24. The number of hydrogen-bond donors (Lipinski definition) is 0. The molecule has 0 aromatic heterocycles. The number of amides is 1. The number of carbonyl (C=O) groups excluding carboxylic acids is 1. The molecule has 24 heavy (non-hydrogen) atoms. The molecule has 2 fully saturated rings. The van der Waals surface area contributed by atoms with Crippen LogP contribution in [-0.2, 0) is 0 Å². The smallest absolute Gasteiger partial charge is 0.253 e. The number of carbonyl (C=O) groups is 1. The van der Waals surface area contributed by atoms with E-state index in [0.29, 0.717) is 6.04 Å². The van der Waals surface area contributed by atoms with Gasteiger partial charge in [0.15, 0.2) is 0 Å². The van der Waals surface area contributed by atoms with E-state index in [1.807, 2.05) is 35.2 Å². The monoisotopic (exact) mass is 321 g/mol. The van der Waals surface area contributed by atoms with Crippen LogP contribution in [0.3, 0.4) is 0 Å². The van der Waals surface area contributed by atoms with Crippen molar-refractivity contribution in [3.8, 4) is 0 Å². The summed E-state index contributed by atoms with van der Waals surface area (Å²) in [5.74, 6) is 0.162. The van der Waals surface area contributed by atoms with E-state index in [2.05, 4.69) is 40.1 Å². The predicted molar refractivity (Wildman–Crippen MR) is 96.4 cm³/mol. The summed E-state index contributed by atoms with van der Waals surface area (Å²) in [4.78, 5) is 19.4. The SMILES string of the molecule is O=C(c1ccccc1)N1CCN(C2CN(c3ccccc3)C2)CC1. The van der Waals surface area contributed by atoms with Gasteiger partial charge in [-0.3, -0.25) is 9.69 Å². The molecule has 4 nitrogen and oxygen atoms in total. The van der Waals surface area contributed by atoms with E-state index in [4.69, 9.17) is 0 Å². The Labute approximate surface area is 143 Å². The van der Waals surface area contributed by atoms with E-state index in [-0.39, 0.29) is 5.91 Å². The molecule has 0 saturated carbocycles. The number of para-hydroxylation sites is 1. The van der Waals surface area contributed by atoms with Crippen molar-refractivity contribution in [1.82, 2.24) is 9.80 Å². The highest BCUT2D eigenvalue weighted by atomic mass is 16.2. The summed E-state index contributed by atoms with van der Waals surface area (Å²) in [5, 5.41) is 0. The lowest BCUT2D eigenvalue weighted by Crippen LogP contribution is -2.63. The average molecular weight is 321 g/mol. The normalized spacial score (nSPS) is 19.2. The minimum absolute atomic E-state index is 0.162. The summed E-state index contributed by atoms with van der Waals surface area (Å²) < 4.78 is 0. The zero-order valence-electron chi connectivity index (χ0n) is 13.8. The van der Waals surface area contributed by atoms with E-state index in [9.17, 15) is 4.79 Å². The Balaban J connectivity index is 1.28. The molecule has 2 aliphatic rings. The molecule has 0 radical (unpaired) electrons. The van der Waals surface area contributed by atoms with Crippen molar-refractivity contribution in [3.63, 3.8) is 0 Å². The molecule has 0 spiro atoms. The second-order valence-corrected chi connectivity index (χ2v) is 6.59. The van der Waals surface area contributed by atoms with Gasteiger partial charge >= 0.3 is 0 Å². The van der Waals surface area contributed by atoms with Crippen molar-refractivity contribution in [2.75, 3.05) is 44.2 Å². The fourth-order valence-corrected chi connectivity index (χ4v) is 3.59. The van der Waals surface area contributed by atoms with Crippen molar-refractivity contribution in [3.05, 3.63) is 66.2 Å². The molecule has 0 N–H and O–H groups in total. The van der Waals surface area contributed by atoms with Crippen LogP contribution in [0.4, 0.5) is 5.69 Å². The molecule has 2 aromatic rings. The molecule has 0 unspecified atom stereocenters. The molecule has 2 aliphatic heterocycles. The molecular weight excluding hydrogens is 298 g/mol. The Morgan fingerprint density at radius 3 is 2.00 bits per heavy atom. The zero-order valence-corrected chi connectivity index (χ0v) is 13.8. The van der Waals surface area contributed by atoms with Gasteiger partial charge in [0, 0.05) is 56.6 Å². The third-order valence-corrected chi connectivity index (χ3v) is 5.12. The lowest BCUT2D eigenvalue weighted by molar-refractivity contribution is 0.0535. The van der Waals surface area contributed by atoms with Crippen LogP contribution in [0.25, 0.3) is 0 Å². The van der Waals surface area contributed by atoms with Gasteiger partial charge in [0.2, 0.25) is 0 Å². The molecule has 0 aliphatic carbocycles. The summed E-state index contributed by atoms with van der Waals surface area (Å²) in [7, 11) is 0. The molecular formula is C20H23N3O. The summed E-state index contributed by atoms with van der Waals surface area (Å²) in [6, 6.07) is 20.8. The van der Waals surface area contributed by atoms with Crippen LogP contribution in [0.2, 0.25) is 0 Å². The average Bonchev–Trinajstić information content (AvgIpc) is 2.62. The van der Waals surface area contributed by atoms with Crippen molar-refractivity contribution in [2.24, 2.45) is 0 Å². The summed E-state index contributed by atoms with van der Waals surface area (Å²) in [6.45, 7) is 5.80. The van der Waals surface area contributed by atoms with Gasteiger partial charge < -0.3 is 9.80 Å². The Bertz CT molecular complexity index is 675. The van der Waals surface area contributed by atoms with E-state index in [0.717, 1.165) is 44.8 Å². The standard InChI is InChI=1S/C20H23N3O/c24-20(17-7-3-1-4-8-17)22-13-11-21(12-14-22)19-15-23(16-19)18-9-5-2-6-10-18/h1-10,19H,11-16H2. The first kappa shape index (κ1) is 15.2. The van der Waals surface area contributed by atoms with Crippen LogP contribution in [0.15, 0.2) is 60.7 Å². The molecule has 2 aromatic carbocycles. The molecule has 2 saturated heterocycles. The number of benzene rings is 2. The van der Waals surface area contributed by atoms with Gasteiger partial charge in [0.25, 0.3) is 5.91 Å². The van der Waals surface area contributed by atoms with Crippen molar-refractivity contribution >= 4 is 11.6 Å². The molecule has 1 amide bonds. The van der Waals surface area contributed by atoms with Gasteiger partial charge in [-0.15, -0.1) is 0 Å². The van der Waals surface area contributed by atoms with E-state index < -0.39 is 0 Å². The van der Waals surface area contributed by atoms with Crippen LogP contribution >= 0.6 is 0 Å². The molecule has 0 atom stereocenters. The Morgan fingerprint density at radius 2 is 1.38 bits per heavy atom. The Kier molecular flexibility index (Phi) is 4.22. The first-order chi connectivity index (χ1) is 11.8. The molecule has 0 bridgehead atoms. The fraction of sp³-hybridized carbons (Fsp3) is 0.350. The number of nitrogens with zero attached hydrogens (tertiary/aromatic N) is 3. The molecule has 2 heterocycles. The topological polar surface area (TPSA) is 26.8 Å². The second-order valence-electron chi connectivity index (χ2n) is 6.59. The fourth-order valence-electron chi connectivity index (χ4n) is 3.59. The van der Waals surface area contributed by atoms with Gasteiger partial charge in [-0.05, 0) is 24.3 Å². The summed E-state index contributed by atoms with van der Waals surface area (Å²) >= 11 is 0. The number of anilines is 1.